The summed E-state index contributed by atoms with van der Waals surface area (Å²) in [6, 6.07) is 0. The van der Waals surface area contributed by atoms with Gasteiger partial charge in [-0.15, -0.1) is 0 Å². The van der Waals surface area contributed by atoms with Gasteiger partial charge < -0.3 is 15.8 Å². The van der Waals surface area contributed by atoms with Crippen LogP contribution in [0.1, 0.15) is 25.7 Å². The van der Waals surface area contributed by atoms with Gasteiger partial charge in [-0.3, -0.25) is 4.68 Å². The molecule has 0 spiro atoms. The van der Waals surface area contributed by atoms with E-state index in [1.165, 1.54) is 19.3 Å². The van der Waals surface area contributed by atoms with E-state index in [4.69, 9.17) is 10.5 Å². The minimum atomic E-state index is 0.409. The van der Waals surface area contributed by atoms with E-state index in [1.54, 1.807) is 10.9 Å². The number of nitrogen functional groups attached to an aromatic ring is 1. The average molecular weight is 224 g/mol. The molecule has 1 aliphatic heterocycles. The van der Waals surface area contributed by atoms with Gasteiger partial charge >= 0.3 is 0 Å². The van der Waals surface area contributed by atoms with E-state index in [9.17, 15) is 0 Å². The van der Waals surface area contributed by atoms with Crippen LogP contribution in [-0.4, -0.2) is 29.0 Å². The molecule has 0 bridgehead atoms. The predicted octanol–water partition coefficient (Wildman–Crippen LogP) is 1.37. The first-order chi connectivity index (χ1) is 7.75. The number of nitrogens with zero attached hydrogens (tertiary/aromatic N) is 2. The summed E-state index contributed by atoms with van der Waals surface area (Å²) in [4.78, 5) is 0. The Labute approximate surface area is 96.0 Å². The molecule has 90 valence electrons. The number of aryl methyl sites for hydroxylation is 1. The minimum Gasteiger partial charge on any atom is -0.394 e. The highest BCUT2D eigenvalue weighted by molar-refractivity contribution is 5.59. The summed E-state index contributed by atoms with van der Waals surface area (Å²) < 4.78 is 7.37. The van der Waals surface area contributed by atoms with E-state index in [2.05, 4.69) is 10.4 Å². The molecular weight excluding hydrogens is 204 g/mol. The molecule has 1 atom stereocenters. The van der Waals surface area contributed by atoms with Gasteiger partial charge in [-0.25, -0.2) is 0 Å². The van der Waals surface area contributed by atoms with Crippen LogP contribution in [0.4, 0.5) is 11.5 Å². The smallest absolute Gasteiger partial charge is 0.171 e. The molecule has 1 fully saturated rings. The van der Waals surface area contributed by atoms with E-state index in [0.29, 0.717) is 11.8 Å². The van der Waals surface area contributed by atoms with Crippen molar-refractivity contribution in [3.8, 4) is 0 Å². The van der Waals surface area contributed by atoms with Crippen molar-refractivity contribution in [1.29, 1.82) is 0 Å². The molecule has 16 heavy (non-hydrogen) atoms. The van der Waals surface area contributed by atoms with Crippen molar-refractivity contribution < 1.29 is 4.74 Å². The highest BCUT2D eigenvalue weighted by Crippen LogP contribution is 2.17. The summed E-state index contributed by atoms with van der Waals surface area (Å²) in [5, 5.41) is 7.48. The van der Waals surface area contributed by atoms with E-state index in [-0.39, 0.29) is 0 Å². The van der Waals surface area contributed by atoms with Gasteiger partial charge in [0.05, 0.1) is 11.8 Å². The van der Waals surface area contributed by atoms with Gasteiger partial charge in [0, 0.05) is 26.4 Å². The summed E-state index contributed by atoms with van der Waals surface area (Å²) in [7, 11) is 1.87. The Balaban J connectivity index is 1.73. The predicted molar refractivity (Wildman–Crippen MR) is 64.3 cm³/mol. The van der Waals surface area contributed by atoms with Crippen LogP contribution in [0.3, 0.4) is 0 Å². The monoisotopic (exact) mass is 224 g/mol. The van der Waals surface area contributed by atoms with E-state index < -0.39 is 0 Å². The molecule has 0 amide bonds. The van der Waals surface area contributed by atoms with E-state index >= 15 is 0 Å². The molecular formula is C11H20N4O. The molecule has 3 N–H and O–H groups in total. The minimum absolute atomic E-state index is 0.409. The Kier molecular flexibility index (Phi) is 3.66. The zero-order valence-corrected chi connectivity index (χ0v) is 9.78. The summed E-state index contributed by atoms with van der Waals surface area (Å²) in [6.45, 7) is 1.78. The number of anilines is 2. The second-order valence-corrected chi connectivity index (χ2v) is 4.31. The highest BCUT2D eigenvalue weighted by atomic mass is 16.5. The molecule has 1 saturated heterocycles. The van der Waals surface area contributed by atoms with Crippen LogP contribution >= 0.6 is 0 Å². The maximum absolute atomic E-state index is 5.78. The number of aromatic nitrogens is 2. The number of nitrogens with one attached hydrogen (secondary N) is 1. The van der Waals surface area contributed by atoms with Gasteiger partial charge in [-0.05, 0) is 25.7 Å². The van der Waals surface area contributed by atoms with Crippen LogP contribution in [0.2, 0.25) is 0 Å². The van der Waals surface area contributed by atoms with Crippen molar-refractivity contribution in [3.63, 3.8) is 0 Å². The molecule has 0 saturated carbocycles. The first kappa shape index (κ1) is 11.3. The molecule has 0 aliphatic carbocycles. The molecule has 1 aromatic heterocycles. The van der Waals surface area contributed by atoms with Crippen LogP contribution in [0.25, 0.3) is 0 Å². The summed E-state index contributed by atoms with van der Waals surface area (Å²) >= 11 is 0. The Morgan fingerprint density at radius 2 is 2.50 bits per heavy atom. The number of ether oxygens (including phenoxy) is 1. The zero-order valence-electron chi connectivity index (χ0n) is 9.78. The number of nitrogens with two attached hydrogens (primary N) is 1. The topological polar surface area (TPSA) is 65.1 Å². The summed E-state index contributed by atoms with van der Waals surface area (Å²) in [5.41, 5.74) is 6.48. The van der Waals surface area contributed by atoms with Crippen molar-refractivity contribution >= 4 is 11.5 Å². The lowest BCUT2D eigenvalue weighted by molar-refractivity contribution is 0.0134. The molecule has 5 nitrogen and oxygen atoms in total. The summed E-state index contributed by atoms with van der Waals surface area (Å²) in [6.07, 6.45) is 6.91. The fraction of sp³-hybridized carbons (Fsp3) is 0.727. The molecule has 1 aromatic rings. The van der Waals surface area contributed by atoms with Crippen molar-refractivity contribution in [1.82, 2.24) is 9.78 Å². The first-order valence-electron chi connectivity index (χ1n) is 5.90. The standard InChI is InChI=1S/C11H20N4O/c1-15-8-10(12)11(14-15)13-6-5-9-4-2-3-7-16-9/h8-9H,2-7,12H2,1H3,(H,13,14). The normalized spacial score (nSPS) is 20.9. The lowest BCUT2D eigenvalue weighted by Crippen LogP contribution is -2.22. The average Bonchev–Trinajstić information content (AvgIpc) is 2.59. The van der Waals surface area contributed by atoms with E-state index in [1.807, 2.05) is 7.05 Å². The van der Waals surface area contributed by atoms with Gasteiger partial charge in [0.15, 0.2) is 5.82 Å². The number of rotatable bonds is 4. The van der Waals surface area contributed by atoms with Gasteiger partial charge in [-0.2, -0.15) is 5.10 Å². The van der Waals surface area contributed by atoms with Crippen LogP contribution in [0.15, 0.2) is 6.20 Å². The summed E-state index contributed by atoms with van der Waals surface area (Å²) in [5.74, 6) is 0.776. The maximum atomic E-state index is 5.78. The van der Waals surface area contributed by atoms with Crippen LogP contribution < -0.4 is 11.1 Å². The lowest BCUT2D eigenvalue weighted by atomic mass is 10.1. The molecule has 5 heteroatoms. The van der Waals surface area contributed by atoms with Crippen LogP contribution in [-0.2, 0) is 11.8 Å². The van der Waals surface area contributed by atoms with Crippen molar-refractivity contribution in [3.05, 3.63) is 6.20 Å². The fourth-order valence-electron chi connectivity index (χ4n) is 2.03. The number of hydrogen-bond acceptors (Lipinski definition) is 4. The SMILES string of the molecule is Cn1cc(N)c(NCCC2CCCCO2)n1. The van der Waals surface area contributed by atoms with Gasteiger partial charge in [0.25, 0.3) is 0 Å². The van der Waals surface area contributed by atoms with Gasteiger partial charge in [-0.1, -0.05) is 0 Å². The second-order valence-electron chi connectivity index (χ2n) is 4.31. The van der Waals surface area contributed by atoms with Gasteiger partial charge in [0.2, 0.25) is 0 Å². The van der Waals surface area contributed by atoms with Crippen molar-refractivity contribution in [2.45, 2.75) is 31.8 Å². The van der Waals surface area contributed by atoms with Crippen molar-refractivity contribution in [2.75, 3.05) is 24.2 Å². The Morgan fingerprint density at radius 3 is 3.12 bits per heavy atom. The lowest BCUT2D eigenvalue weighted by Gasteiger charge is -2.22. The third-order valence-corrected chi connectivity index (χ3v) is 2.89. The maximum Gasteiger partial charge on any atom is 0.171 e. The van der Waals surface area contributed by atoms with Crippen LogP contribution in [0, 0.1) is 0 Å². The second kappa shape index (κ2) is 5.21. The molecule has 2 heterocycles. The molecule has 0 aromatic carbocycles. The Morgan fingerprint density at radius 1 is 1.62 bits per heavy atom. The third kappa shape index (κ3) is 2.88. The number of hydrogen-bond donors (Lipinski definition) is 2. The molecule has 0 radical (unpaired) electrons. The largest absolute Gasteiger partial charge is 0.394 e. The van der Waals surface area contributed by atoms with E-state index in [0.717, 1.165) is 25.4 Å². The van der Waals surface area contributed by atoms with Crippen molar-refractivity contribution in [2.24, 2.45) is 7.05 Å². The fourth-order valence-corrected chi connectivity index (χ4v) is 2.03. The Hall–Kier alpha value is -1.23. The molecule has 1 aliphatic rings. The molecule has 1 unspecified atom stereocenters. The first-order valence-corrected chi connectivity index (χ1v) is 5.90. The van der Waals surface area contributed by atoms with Gasteiger partial charge in [0.1, 0.15) is 0 Å². The molecule has 2 rings (SSSR count). The highest BCUT2D eigenvalue weighted by Gasteiger charge is 2.13. The zero-order chi connectivity index (χ0) is 11.4. The Bertz CT molecular complexity index is 331. The third-order valence-electron chi connectivity index (χ3n) is 2.89. The quantitative estimate of drug-likeness (QED) is 0.810. The van der Waals surface area contributed by atoms with Crippen LogP contribution in [0.5, 0.6) is 0 Å².